The van der Waals surface area contributed by atoms with Gasteiger partial charge in [0.15, 0.2) is 0 Å². The van der Waals surface area contributed by atoms with Crippen molar-refractivity contribution in [2.75, 3.05) is 13.6 Å². The van der Waals surface area contributed by atoms with Crippen molar-refractivity contribution >= 4 is 5.91 Å². The van der Waals surface area contributed by atoms with E-state index in [1.165, 1.54) is 0 Å². The number of nitrogens with zero attached hydrogens (tertiary/aromatic N) is 2. The first-order chi connectivity index (χ1) is 6.66. The molecule has 1 unspecified atom stereocenters. The molecule has 2 N–H and O–H groups in total. The van der Waals surface area contributed by atoms with E-state index in [0.29, 0.717) is 0 Å². The van der Waals surface area contributed by atoms with Crippen molar-refractivity contribution in [2.24, 2.45) is 5.73 Å². The van der Waals surface area contributed by atoms with Gasteiger partial charge in [0.05, 0.1) is 12.6 Å². The minimum absolute atomic E-state index is 0.0362. The van der Waals surface area contributed by atoms with Gasteiger partial charge in [-0.1, -0.05) is 0 Å². The lowest BCUT2D eigenvalue weighted by Gasteiger charge is -2.24. The van der Waals surface area contributed by atoms with Crippen molar-refractivity contribution in [3.63, 3.8) is 0 Å². The van der Waals surface area contributed by atoms with E-state index in [9.17, 15) is 4.79 Å². The van der Waals surface area contributed by atoms with Crippen molar-refractivity contribution in [1.82, 2.24) is 9.88 Å². The Bertz CT molecular complexity index is 299. The highest BCUT2D eigenvalue weighted by molar-refractivity contribution is 5.78. The van der Waals surface area contributed by atoms with E-state index in [1.807, 2.05) is 19.1 Å². The first-order valence-corrected chi connectivity index (χ1v) is 4.52. The number of pyridine rings is 1. The van der Waals surface area contributed by atoms with Gasteiger partial charge in [-0.05, 0) is 24.6 Å². The van der Waals surface area contributed by atoms with Gasteiger partial charge in [0, 0.05) is 19.4 Å². The van der Waals surface area contributed by atoms with Crippen LogP contribution in [0.1, 0.15) is 18.5 Å². The summed E-state index contributed by atoms with van der Waals surface area (Å²) in [5.41, 5.74) is 6.34. The number of hydrogen-bond donors (Lipinski definition) is 1. The van der Waals surface area contributed by atoms with Crippen LogP contribution in [-0.4, -0.2) is 29.4 Å². The molecule has 76 valence electrons. The first-order valence-electron chi connectivity index (χ1n) is 4.52. The second-order valence-electron chi connectivity index (χ2n) is 3.17. The van der Waals surface area contributed by atoms with Crippen LogP contribution in [0.15, 0.2) is 24.5 Å². The van der Waals surface area contributed by atoms with Crippen LogP contribution >= 0.6 is 0 Å². The summed E-state index contributed by atoms with van der Waals surface area (Å²) in [5, 5.41) is 0. The Labute approximate surface area is 83.7 Å². The zero-order chi connectivity index (χ0) is 10.6. The predicted molar refractivity (Wildman–Crippen MR) is 54.5 cm³/mol. The summed E-state index contributed by atoms with van der Waals surface area (Å²) >= 11 is 0. The number of carbonyl (C=O) groups is 1. The molecule has 0 saturated heterocycles. The van der Waals surface area contributed by atoms with E-state index in [2.05, 4.69) is 4.98 Å². The molecule has 0 radical (unpaired) electrons. The molecule has 1 heterocycles. The number of amides is 1. The number of carbonyl (C=O) groups excluding carboxylic acids is 1. The molecule has 0 spiro atoms. The molecular formula is C10H15N3O. The molecule has 1 rings (SSSR count). The van der Waals surface area contributed by atoms with Crippen LogP contribution in [0, 0.1) is 0 Å². The number of rotatable bonds is 3. The fourth-order valence-corrected chi connectivity index (χ4v) is 1.23. The molecule has 0 aliphatic carbocycles. The Morgan fingerprint density at radius 1 is 1.57 bits per heavy atom. The SMILES string of the molecule is CC(c1ccncc1)N(C)C(=O)CN. The van der Waals surface area contributed by atoms with Crippen molar-refractivity contribution < 1.29 is 4.79 Å². The lowest BCUT2D eigenvalue weighted by atomic mass is 10.1. The van der Waals surface area contributed by atoms with E-state index in [4.69, 9.17) is 5.73 Å². The predicted octanol–water partition coefficient (Wildman–Crippen LogP) is 0.560. The molecule has 1 aromatic heterocycles. The Morgan fingerprint density at radius 2 is 2.14 bits per heavy atom. The van der Waals surface area contributed by atoms with Crippen molar-refractivity contribution in [1.29, 1.82) is 0 Å². The zero-order valence-corrected chi connectivity index (χ0v) is 8.47. The fourth-order valence-electron chi connectivity index (χ4n) is 1.23. The van der Waals surface area contributed by atoms with E-state index in [0.717, 1.165) is 5.56 Å². The molecule has 4 nitrogen and oxygen atoms in total. The summed E-state index contributed by atoms with van der Waals surface area (Å²) in [5.74, 6) is -0.0608. The fraction of sp³-hybridized carbons (Fsp3) is 0.400. The third-order valence-corrected chi connectivity index (χ3v) is 2.34. The quantitative estimate of drug-likeness (QED) is 0.763. The van der Waals surface area contributed by atoms with Crippen LogP contribution in [0.4, 0.5) is 0 Å². The van der Waals surface area contributed by atoms with E-state index in [1.54, 1.807) is 24.3 Å². The van der Waals surface area contributed by atoms with Gasteiger partial charge >= 0.3 is 0 Å². The second-order valence-corrected chi connectivity index (χ2v) is 3.17. The standard InChI is InChI=1S/C10H15N3O/c1-8(13(2)10(14)7-11)9-3-5-12-6-4-9/h3-6,8H,7,11H2,1-2H3. The van der Waals surface area contributed by atoms with Gasteiger partial charge in [0.1, 0.15) is 0 Å². The smallest absolute Gasteiger partial charge is 0.236 e. The van der Waals surface area contributed by atoms with Crippen molar-refractivity contribution in [3.05, 3.63) is 30.1 Å². The minimum Gasteiger partial charge on any atom is -0.338 e. The summed E-state index contributed by atoms with van der Waals surface area (Å²) in [6, 6.07) is 3.82. The molecular weight excluding hydrogens is 178 g/mol. The average molecular weight is 193 g/mol. The van der Waals surface area contributed by atoms with Crippen molar-refractivity contribution in [2.45, 2.75) is 13.0 Å². The summed E-state index contributed by atoms with van der Waals surface area (Å²) in [7, 11) is 1.75. The van der Waals surface area contributed by atoms with Gasteiger partial charge in [0.2, 0.25) is 5.91 Å². The maximum atomic E-state index is 11.3. The van der Waals surface area contributed by atoms with Crippen LogP contribution in [0.3, 0.4) is 0 Å². The van der Waals surface area contributed by atoms with Gasteiger partial charge in [-0.15, -0.1) is 0 Å². The summed E-state index contributed by atoms with van der Waals surface area (Å²) in [6.45, 7) is 2.01. The number of nitrogens with two attached hydrogens (primary N) is 1. The van der Waals surface area contributed by atoms with Crippen LogP contribution in [0.25, 0.3) is 0 Å². The Balaban J connectivity index is 2.75. The maximum Gasteiger partial charge on any atom is 0.236 e. The second kappa shape index (κ2) is 4.72. The van der Waals surface area contributed by atoms with Crippen LogP contribution < -0.4 is 5.73 Å². The molecule has 0 fully saturated rings. The third kappa shape index (κ3) is 2.29. The van der Waals surface area contributed by atoms with Crippen LogP contribution in [0.2, 0.25) is 0 Å². The number of hydrogen-bond acceptors (Lipinski definition) is 3. The highest BCUT2D eigenvalue weighted by Crippen LogP contribution is 2.16. The Morgan fingerprint density at radius 3 is 2.64 bits per heavy atom. The summed E-state index contributed by atoms with van der Waals surface area (Å²) in [6.07, 6.45) is 3.43. The third-order valence-electron chi connectivity index (χ3n) is 2.34. The number of aromatic nitrogens is 1. The highest BCUT2D eigenvalue weighted by atomic mass is 16.2. The molecule has 0 aliphatic rings. The molecule has 1 atom stereocenters. The van der Waals surface area contributed by atoms with Crippen molar-refractivity contribution in [3.8, 4) is 0 Å². The first kappa shape index (κ1) is 10.7. The van der Waals surface area contributed by atoms with E-state index < -0.39 is 0 Å². The largest absolute Gasteiger partial charge is 0.338 e. The minimum atomic E-state index is -0.0608. The summed E-state index contributed by atoms with van der Waals surface area (Å²) < 4.78 is 0. The molecule has 14 heavy (non-hydrogen) atoms. The molecule has 0 saturated carbocycles. The lowest BCUT2D eigenvalue weighted by molar-refractivity contribution is -0.130. The van der Waals surface area contributed by atoms with Gasteiger partial charge in [-0.25, -0.2) is 0 Å². The monoisotopic (exact) mass is 193 g/mol. The van der Waals surface area contributed by atoms with Gasteiger partial charge in [0.25, 0.3) is 0 Å². The van der Waals surface area contributed by atoms with Gasteiger partial charge in [-0.3, -0.25) is 9.78 Å². The highest BCUT2D eigenvalue weighted by Gasteiger charge is 2.15. The molecule has 1 amide bonds. The average Bonchev–Trinajstić information content (AvgIpc) is 2.27. The number of likely N-dealkylation sites (N-methyl/N-ethyl adjacent to an activating group) is 1. The molecule has 4 heteroatoms. The van der Waals surface area contributed by atoms with E-state index >= 15 is 0 Å². The van der Waals surface area contributed by atoms with Gasteiger partial charge in [-0.2, -0.15) is 0 Å². The topological polar surface area (TPSA) is 59.2 Å². The lowest BCUT2D eigenvalue weighted by Crippen LogP contribution is -2.34. The Kier molecular flexibility index (Phi) is 3.59. The zero-order valence-electron chi connectivity index (χ0n) is 8.47. The molecule has 0 aromatic carbocycles. The van der Waals surface area contributed by atoms with Gasteiger partial charge < -0.3 is 10.6 Å². The normalized spacial score (nSPS) is 12.2. The molecule has 1 aromatic rings. The van der Waals surface area contributed by atoms with E-state index in [-0.39, 0.29) is 18.5 Å². The van der Waals surface area contributed by atoms with Crippen LogP contribution in [0.5, 0.6) is 0 Å². The summed E-state index contributed by atoms with van der Waals surface area (Å²) in [4.78, 5) is 16.9. The maximum absolute atomic E-state index is 11.3. The molecule has 0 aliphatic heterocycles. The Hall–Kier alpha value is -1.42. The molecule has 0 bridgehead atoms. The van der Waals surface area contributed by atoms with Crippen LogP contribution in [-0.2, 0) is 4.79 Å².